The summed E-state index contributed by atoms with van der Waals surface area (Å²) in [5.74, 6) is 1.95. The molecule has 0 spiro atoms. The second kappa shape index (κ2) is 9.36. The molecule has 164 valence electrons. The Bertz CT molecular complexity index is 1190. The van der Waals surface area contributed by atoms with E-state index in [4.69, 9.17) is 19.7 Å². The Labute approximate surface area is 187 Å². The summed E-state index contributed by atoms with van der Waals surface area (Å²) in [5.41, 5.74) is 4.69. The lowest BCUT2D eigenvalue weighted by Gasteiger charge is -2.27. The van der Waals surface area contributed by atoms with Crippen LogP contribution in [0.1, 0.15) is 19.8 Å². The molecule has 2 N–H and O–H groups in total. The van der Waals surface area contributed by atoms with Crippen LogP contribution in [0.5, 0.6) is 0 Å². The van der Waals surface area contributed by atoms with E-state index in [2.05, 4.69) is 70.7 Å². The van der Waals surface area contributed by atoms with E-state index in [1.807, 2.05) is 6.20 Å². The summed E-state index contributed by atoms with van der Waals surface area (Å²) in [6, 6.07) is 8.31. The number of benzene rings is 1. The predicted octanol–water partition coefficient (Wildman–Crippen LogP) is 4.49. The van der Waals surface area contributed by atoms with Crippen molar-refractivity contribution < 1.29 is 4.74 Å². The standard InChI is InChI=1S/C25H28N6O/c1-18-6-4-2-3-5-7-21(18)17-27-24-28-23(20-9-8-19-10-11-26-22(19)16-20)29-25(30-24)31-12-14-32-15-13-31/h2-3,5,7-11,16,26H,4,6,12-15,17H2,1H3,(H,27,28,29,30). The fraction of sp³-hybridized carbons (Fsp3) is 0.320. The number of hydrogen-bond donors (Lipinski definition) is 2. The van der Waals surface area contributed by atoms with Crippen molar-refractivity contribution in [3.05, 3.63) is 65.9 Å². The van der Waals surface area contributed by atoms with Gasteiger partial charge in [0.15, 0.2) is 5.82 Å². The number of morpholine rings is 1. The first-order valence-corrected chi connectivity index (χ1v) is 11.2. The number of fused-ring (bicyclic) bond motifs is 1. The van der Waals surface area contributed by atoms with Crippen molar-refractivity contribution in [1.29, 1.82) is 0 Å². The van der Waals surface area contributed by atoms with E-state index in [0.29, 0.717) is 37.5 Å². The molecule has 7 heteroatoms. The molecular formula is C25H28N6O. The average Bonchev–Trinajstić information content (AvgIpc) is 3.30. The first-order chi connectivity index (χ1) is 15.8. The molecule has 7 nitrogen and oxygen atoms in total. The van der Waals surface area contributed by atoms with E-state index in [9.17, 15) is 0 Å². The maximum absolute atomic E-state index is 5.51. The zero-order valence-corrected chi connectivity index (χ0v) is 18.3. The number of aromatic nitrogens is 4. The Balaban J connectivity index is 1.47. The fourth-order valence-electron chi connectivity index (χ4n) is 4.00. The molecule has 1 aliphatic carbocycles. The second-order valence-electron chi connectivity index (χ2n) is 8.15. The number of anilines is 2. The van der Waals surface area contributed by atoms with Crippen molar-refractivity contribution in [2.45, 2.75) is 19.8 Å². The van der Waals surface area contributed by atoms with Crippen molar-refractivity contribution in [3.8, 4) is 11.4 Å². The van der Waals surface area contributed by atoms with Crippen LogP contribution >= 0.6 is 0 Å². The molecule has 32 heavy (non-hydrogen) atoms. The van der Waals surface area contributed by atoms with Gasteiger partial charge in [-0.25, -0.2) is 0 Å². The van der Waals surface area contributed by atoms with Crippen LogP contribution in [0.2, 0.25) is 0 Å². The Morgan fingerprint density at radius 1 is 1.09 bits per heavy atom. The highest BCUT2D eigenvalue weighted by Gasteiger charge is 2.18. The van der Waals surface area contributed by atoms with Crippen LogP contribution in [0.3, 0.4) is 0 Å². The minimum absolute atomic E-state index is 0.592. The van der Waals surface area contributed by atoms with Gasteiger partial charge in [0.25, 0.3) is 0 Å². The van der Waals surface area contributed by atoms with E-state index < -0.39 is 0 Å². The normalized spacial score (nSPS) is 17.0. The molecule has 3 aromatic rings. The molecule has 1 aliphatic heterocycles. The van der Waals surface area contributed by atoms with Gasteiger partial charge in [0, 0.05) is 36.9 Å². The highest BCUT2D eigenvalue weighted by Crippen LogP contribution is 2.24. The lowest BCUT2D eigenvalue weighted by Crippen LogP contribution is -2.37. The van der Waals surface area contributed by atoms with E-state index in [1.165, 1.54) is 16.5 Å². The zero-order chi connectivity index (χ0) is 21.8. The molecule has 1 saturated heterocycles. The SMILES string of the molecule is CC1=C(CNc2nc(-c3ccc4cc[nH]c4c3)nc(N3CCOCC3)n2)C=CC=CCC1. The Morgan fingerprint density at radius 2 is 2.00 bits per heavy atom. The van der Waals surface area contributed by atoms with Crippen LogP contribution in [0.15, 0.2) is 65.9 Å². The molecule has 0 amide bonds. The number of allylic oxidation sites excluding steroid dienone is 4. The van der Waals surface area contributed by atoms with Gasteiger partial charge in [-0.2, -0.15) is 15.0 Å². The highest BCUT2D eigenvalue weighted by molar-refractivity contribution is 5.83. The lowest BCUT2D eigenvalue weighted by atomic mass is 10.0. The molecule has 0 saturated carbocycles. The minimum atomic E-state index is 0.592. The van der Waals surface area contributed by atoms with Gasteiger partial charge >= 0.3 is 0 Å². The van der Waals surface area contributed by atoms with Crippen molar-refractivity contribution >= 4 is 22.8 Å². The topological polar surface area (TPSA) is 79.0 Å². The molecule has 2 aliphatic rings. The third kappa shape index (κ3) is 4.57. The zero-order valence-electron chi connectivity index (χ0n) is 18.3. The van der Waals surface area contributed by atoms with Crippen molar-refractivity contribution in [1.82, 2.24) is 19.9 Å². The Hall–Kier alpha value is -3.45. The van der Waals surface area contributed by atoms with Gasteiger partial charge in [-0.1, -0.05) is 42.0 Å². The summed E-state index contributed by atoms with van der Waals surface area (Å²) >= 11 is 0. The summed E-state index contributed by atoms with van der Waals surface area (Å²) < 4.78 is 5.51. The summed E-state index contributed by atoms with van der Waals surface area (Å²) in [7, 11) is 0. The van der Waals surface area contributed by atoms with Gasteiger partial charge in [0.2, 0.25) is 11.9 Å². The van der Waals surface area contributed by atoms with Gasteiger partial charge in [-0.05, 0) is 42.9 Å². The monoisotopic (exact) mass is 428 g/mol. The van der Waals surface area contributed by atoms with Crippen LogP contribution in [0.25, 0.3) is 22.3 Å². The van der Waals surface area contributed by atoms with Crippen molar-refractivity contribution in [2.75, 3.05) is 43.1 Å². The van der Waals surface area contributed by atoms with E-state index in [-0.39, 0.29) is 0 Å². The summed E-state index contributed by atoms with van der Waals surface area (Å²) in [4.78, 5) is 19.8. The molecule has 2 aromatic heterocycles. The van der Waals surface area contributed by atoms with Gasteiger partial charge in [-0.3, -0.25) is 0 Å². The first kappa shape index (κ1) is 20.5. The molecule has 1 aromatic carbocycles. The molecule has 0 bridgehead atoms. The molecule has 5 rings (SSSR count). The molecule has 0 unspecified atom stereocenters. The first-order valence-electron chi connectivity index (χ1n) is 11.2. The number of aromatic amines is 1. The fourth-order valence-corrected chi connectivity index (χ4v) is 4.00. The van der Waals surface area contributed by atoms with Gasteiger partial charge in [0.1, 0.15) is 0 Å². The maximum atomic E-state index is 5.51. The number of nitrogens with zero attached hydrogens (tertiary/aromatic N) is 4. The number of nitrogens with one attached hydrogen (secondary N) is 2. The van der Waals surface area contributed by atoms with E-state index >= 15 is 0 Å². The van der Waals surface area contributed by atoms with Crippen LogP contribution < -0.4 is 10.2 Å². The molecule has 1 fully saturated rings. The predicted molar refractivity (Wildman–Crippen MR) is 129 cm³/mol. The summed E-state index contributed by atoms with van der Waals surface area (Å²) in [6.07, 6.45) is 12.7. The second-order valence-corrected chi connectivity index (χ2v) is 8.15. The largest absolute Gasteiger partial charge is 0.378 e. The average molecular weight is 429 g/mol. The minimum Gasteiger partial charge on any atom is -0.378 e. The molecule has 3 heterocycles. The number of rotatable bonds is 5. The summed E-state index contributed by atoms with van der Waals surface area (Å²) in [6.45, 7) is 5.79. The van der Waals surface area contributed by atoms with E-state index in [1.54, 1.807) is 0 Å². The van der Waals surface area contributed by atoms with Crippen molar-refractivity contribution in [3.63, 3.8) is 0 Å². The third-order valence-electron chi connectivity index (χ3n) is 5.95. The maximum Gasteiger partial charge on any atom is 0.230 e. The van der Waals surface area contributed by atoms with Crippen LogP contribution in [0, 0.1) is 0 Å². The van der Waals surface area contributed by atoms with Gasteiger partial charge in [0.05, 0.1) is 13.2 Å². The number of hydrogen-bond acceptors (Lipinski definition) is 6. The van der Waals surface area contributed by atoms with Gasteiger partial charge < -0.3 is 19.9 Å². The summed E-state index contributed by atoms with van der Waals surface area (Å²) in [5, 5.41) is 4.62. The Kier molecular flexibility index (Phi) is 5.98. The highest BCUT2D eigenvalue weighted by atomic mass is 16.5. The smallest absolute Gasteiger partial charge is 0.230 e. The van der Waals surface area contributed by atoms with Crippen LogP contribution in [-0.2, 0) is 4.74 Å². The number of ether oxygens (including phenoxy) is 1. The van der Waals surface area contributed by atoms with Gasteiger partial charge in [-0.15, -0.1) is 0 Å². The molecular weight excluding hydrogens is 400 g/mol. The van der Waals surface area contributed by atoms with Crippen LogP contribution in [0.4, 0.5) is 11.9 Å². The molecule has 0 atom stereocenters. The van der Waals surface area contributed by atoms with Crippen LogP contribution in [-0.4, -0.2) is 52.8 Å². The number of H-pyrrole nitrogens is 1. The third-order valence-corrected chi connectivity index (χ3v) is 5.95. The Morgan fingerprint density at radius 3 is 2.91 bits per heavy atom. The molecule has 0 radical (unpaired) electrons. The van der Waals surface area contributed by atoms with Crippen molar-refractivity contribution in [2.24, 2.45) is 0 Å². The van der Waals surface area contributed by atoms with E-state index in [0.717, 1.165) is 37.0 Å². The quantitative estimate of drug-likeness (QED) is 0.623. The lowest BCUT2D eigenvalue weighted by molar-refractivity contribution is 0.122.